The summed E-state index contributed by atoms with van der Waals surface area (Å²) in [6.45, 7) is 0. The van der Waals surface area contributed by atoms with Gasteiger partial charge in [-0.3, -0.25) is 0 Å². The van der Waals surface area contributed by atoms with E-state index in [1.807, 2.05) is 30.3 Å². The van der Waals surface area contributed by atoms with Gasteiger partial charge in [0.25, 0.3) is 0 Å². The highest BCUT2D eigenvalue weighted by Gasteiger charge is 2.06. The molecule has 3 rings (SSSR count). The Labute approximate surface area is 126 Å². The van der Waals surface area contributed by atoms with E-state index in [1.165, 1.54) is 36.4 Å². The Morgan fingerprint density at radius 3 is 2.05 bits per heavy atom. The predicted octanol–water partition coefficient (Wildman–Crippen LogP) is 6.05. The summed E-state index contributed by atoms with van der Waals surface area (Å²) < 4.78 is 26.4. The molecule has 0 unspecified atom stereocenters. The van der Waals surface area contributed by atoms with Gasteiger partial charge in [-0.05, 0) is 48.0 Å². The van der Waals surface area contributed by atoms with Crippen molar-refractivity contribution in [2.24, 2.45) is 10.2 Å². The highest BCUT2D eigenvalue weighted by atomic mass is 19.1. The van der Waals surface area contributed by atoms with Crippen molar-refractivity contribution >= 4 is 11.4 Å². The highest BCUT2D eigenvalue weighted by molar-refractivity contribution is 5.75. The van der Waals surface area contributed by atoms with Gasteiger partial charge in [0.05, 0.1) is 11.4 Å². The number of rotatable bonds is 3. The van der Waals surface area contributed by atoms with Crippen LogP contribution in [0.5, 0.6) is 0 Å². The first-order valence-electron chi connectivity index (χ1n) is 6.75. The molecule has 0 aliphatic heterocycles. The number of azo groups is 1. The van der Waals surface area contributed by atoms with Crippen LogP contribution in [-0.2, 0) is 0 Å². The van der Waals surface area contributed by atoms with E-state index in [2.05, 4.69) is 10.2 Å². The van der Waals surface area contributed by atoms with Crippen LogP contribution in [0.2, 0.25) is 0 Å². The summed E-state index contributed by atoms with van der Waals surface area (Å²) >= 11 is 0. The molecule has 22 heavy (non-hydrogen) atoms. The standard InChI is InChI=1S/C18H12F2N2/c19-14-6-9-16(10-7-14)21-22-18-11-8-15(20)12-17(18)13-4-2-1-3-5-13/h1-12H. The predicted molar refractivity (Wildman–Crippen MR) is 82.4 cm³/mol. The minimum atomic E-state index is -0.334. The molecule has 4 heteroatoms. The van der Waals surface area contributed by atoms with Gasteiger partial charge in [0.2, 0.25) is 0 Å². The molecule has 0 bridgehead atoms. The Morgan fingerprint density at radius 2 is 1.32 bits per heavy atom. The van der Waals surface area contributed by atoms with E-state index in [0.29, 0.717) is 16.9 Å². The molecule has 0 atom stereocenters. The fourth-order valence-electron chi connectivity index (χ4n) is 2.06. The Kier molecular flexibility index (Phi) is 4.01. The van der Waals surface area contributed by atoms with Gasteiger partial charge in [0, 0.05) is 5.56 Å². The molecule has 0 radical (unpaired) electrons. The minimum Gasteiger partial charge on any atom is -0.207 e. The fourth-order valence-corrected chi connectivity index (χ4v) is 2.06. The second kappa shape index (κ2) is 6.26. The van der Waals surface area contributed by atoms with E-state index in [-0.39, 0.29) is 11.6 Å². The Bertz CT molecular complexity index is 797. The number of halogens is 2. The van der Waals surface area contributed by atoms with Crippen LogP contribution in [0.1, 0.15) is 0 Å². The van der Waals surface area contributed by atoms with Crippen molar-refractivity contribution in [2.45, 2.75) is 0 Å². The van der Waals surface area contributed by atoms with E-state index in [9.17, 15) is 8.78 Å². The molecule has 3 aromatic carbocycles. The number of hydrogen-bond donors (Lipinski definition) is 0. The van der Waals surface area contributed by atoms with Crippen molar-refractivity contribution in [1.82, 2.24) is 0 Å². The molecule has 0 amide bonds. The van der Waals surface area contributed by atoms with Crippen molar-refractivity contribution in [3.8, 4) is 11.1 Å². The van der Waals surface area contributed by atoms with E-state index in [1.54, 1.807) is 6.07 Å². The average Bonchev–Trinajstić information content (AvgIpc) is 2.56. The van der Waals surface area contributed by atoms with Gasteiger partial charge in [-0.1, -0.05) is 30.3 Å². The van der Waals surface area contributed by atoms with Crippen molar-refractivity contribution in [1.29, 1.82) is 0 Å². The van der Waals surface area contributed by atoms with Crippen LogP contribution in [-0.4, -0.2) is 0 Å². The lowest BCUT2D eigenvalue weighted by Crippen LogP contribution is -1.81. The van der Waals surface area contributed by atoms with Gasteiger partial charge in [0.1, 0.15) is 11.6 Å². The molecule has 0 aliphatic carbocycles. The highest BCUT2D eigenvalue weighted by Crippen LogP contribution is 2.32. The normalized spacial score (nSPS) is 11.0. The Hall–Kier alpha value is -2.88. The lowest BCUT2D eigenvalue weighted by atomic mass is 10.0. The first-order valence-corrected chi connectivity index (χ1v) is 6.75. The van der Waals surface area contributed by atoms with E-state index in [0.717, 1.165) is 5.56 Å². The molecule has 0 heterocycles. The molecule has 108 valence electrons. The van der Waals surface area contributed by atoms with Crippen LogP contribution in [0.4, 0.5) is 20.2 Å². The summed E-state index contributed by atoms with van der Waals surface area (Å²) in [5, 5.41) is 8.23. The van der Waals surface area contributed by atoms with Crippen LogP contribution in [0, 0.1) is 11.6 Å². The maximum absolute atomic E-state index is 13.5. The summed E-state index contributed by atoms with van der Waals surface area (Å²) in [6, 6.07) is 19.4. The van der Waals surface area contributed by atoms with Gasteiger partial charge in [-0.25, -0.2) is 8.78 Å². The quantitative estimate of drug-likeness (QED) is 0.525. The zero-order chi connectivity index (χ0) is 15.4. The molecule has 0 aliphatic rings. The topological polar surface area (TPSA) is 24.7 Å². The molecular weight excluding hydrogens is 282 g/mol. The number of hydrogen-bond acceptors (Lipinski definition) is 2. The van der Waals surface area contributed by atoms with Crippen molar-refractivity contribution in [2.75, 3.05) is 0 Å². The molecule has 0 spiro atoms. The molecule has 2 nitrogen and oxygen atoms in total. The lowest BCUT2D eigenvalue weighted by molar-refractivity contribution is 0.627. The first kappa shape index (κ1) is 14.1. The monoisotopic (exact) mass is 294 g/mol. The molecule has 3 aromatic rings. The van der Waals surface area contributed by atoms with Gasteiger partial charge >= 0.3 is 0 Å². The maximum atomic E-state index is 13.5. The average molecular weight is 294 g/mol. The Balaban J connectivity index is 1.99. The van der Waals surface area contributed by atoms with Gasteiger partial charge in [-0.15, -0.1) is 5.11 Å². The van der Waals surface area contributed by atoms with Crippen LogP contribution >= 0.6 is 0 Å². The second-order valence-corrected chi connectivity index (χ2v) is 4.70. The fraction of sp³-hybridized carbons (Fsp3) is 0. The number of nitrogens with zero attached hydrogens (tertiary/aromatic N) is 2. The molecule has 0 saturated carbocycles. The smallest absolute Gasteiger partial charge is 0.123 e. The number of benzene rings is 3. The van der Waals surface area contributed by atoms with Gasteiger partial charge in [-0.2, -0.15) is 5.11 Å². The van der Waals surface area contributed by atoms with Crippen molar-refractivity contribution < 1.29 is 8.78 Å². The van der Waals surface area contributed by atoms with E-state index < -0.39 is 0 Å². The minimum absolute atomic E-state index is 0.328. The van der Waals surface area contributed by atoms with E-state index in [4.69, 9.17) is 0 Å². The zero-order valence-corrected chi connectivity index (χ0v) is 11.6. The van der Waals surface area contributed by atoms with Crippen LogP contribution < -0.4 is 0 Å². The first-order chi connectivity index (χ1) is 10.7. The van der Waals surface area contributed by atoms with E-state index >= 15 is 0 Å². The maximum Gasteiger partial charge on any atom is 0.123 e. The van der Waals surface area contributed by atoms with Gasteiger partial charge in [0.15, 0.2) is 0 Å². The van der Waals surface area contributed by atoms with Crippen LogP contribution in [0.3, 0.4) is 0 Å². The Morgan fingerprint density at radius 1 is 0.636 bits per heavy atom. The van der Waals surface area contributed by atoms with Crippen molar-refractivity contribution in [3.05, 3.63) is 84.4 Å². The van der Waals surface area contributed by atoms with Gasteiger partial charge < -0.3 is 0 Å². The summed E-state index contributed by atoms with van der Waals surface area (Å²) in [4.78, 5) is 0. The molecule has 0 aromatic heterocycles. The summed E-state index contributed by atoms with van der Waals surface area (Å²) in [5.74, 6) is -0.662. The summed E-state index contributed by atoms with van der Waals surface area (Å²) in [6.07, 6.45) is 0. The summed E-state index contributed by atoms with van der Waals surface area (Å²) in [7, 11) is 0. The third kappa shape index (κ3) is 3.23. The summed E-state index contributed by atoms with van der Waals surface area (Å²) in [5.41, 5.74) is 2.60. The van der Waals surface area contributed by atoms with Crippen LogP contribution in [0.15, 0.2) is 83.0 Å². The molecular formula is C18H12F2N2. The molecule has 0 N–H and O–H groups in total. The second-order valence-electron chi connectivity index (χ2n) is 4.70. The molecule has 0 saturated heterocycles. The lowest BCUT2D eigenvalue weighted by Gasteiger charge is -2.05. The van der Waals surface area contributed by atoms with Crippen molar-refractivity contribution in [3.63, 3.8) is 0 Å². The largest absolute Gasteiger partial charge is 0.207 e. The third-order valence-corrected chi connectivity index (χ3v) is 3.14. The zero-order valence-electron chi connectivity index (χ0n) is 11.6. The third-order valence-electron chi connectivity index (χ3n) is 3.14. The SMILES string of the molecule is Fc1ccc(N=Nc2ccc(F)cc2-c2ccccc2)cc1. The molecule has 0 fully saturated rings. The van der Waals surface area contributed by atoms with Crippen LogP contribution in [0.25, 0.3) is 11.1 Å².